The molecule has 0 aromatic heterocycles. The zero-order valence-electron chi connectivity index (χ0n) is 10.7. The van der Waals surface area contributed by atoms with Crippen molar-refractivity contribution >= 4 is 17.8 Å². The van der Waals surface area contributed by atoms with Crippen molar-refractivity contribution in [2.45, 2.75) is 13.8 Å². The number of carbonyl (C=O) groups excluding carboxylic acids is 1. The number of nitro benzene ring substituents is 1. The van der Waals surface area contributed by atoms with Gasteiger partial charge in [0.15, 0.2) is 6.61 Å². The number of hydrogen-bond acceptors (Lipinski definition) is 5. The third-order valence-electron chi connectivity index (χ3n) is 1.98. The Balaban J connectivity index is 2.40. The Hall–Kier alpha value is -2.44. The number of amides is 1. The van der Waals surface area contributed by atoms with Gasteiger partial charge in [-0.05, 0) is 18.1 Å². The zero-order valence-corrected chi connectivity index (χ0v) is 10.7. The van der Waals surface area contributed by atoms with Crippen molar-refractivity contribution in [1.29, 1.82) is 0 Å². The minimum absolute atomic E-state index is 0.0293. The third-order valence-corrected chi connectivity index (χ3v) is 1.98. The first kappa shape index (κ1) is 14.6. The minimum Gasteiger partial charge on any atom is -0.484 e. The number of ether oxygens (including phenoxy) is 1. The van der Waals surface area contributed by atoms with E-state index in [1.165, 1.54) is 24.3 Å². The normalized spacial score (nSPS) is 10.7. The van der Waals surface area contributed by atoms with Gasteiger partial charge >= 0.3 is 0 Å². The van der Waals surface area contributed by atoms with Gasteiger partial charge < -0.3 is 4.74 Å². The van der Waals surface area contributed by atoms with Crippen molar-refractivity contribution in [3.8, 4) is 5.75 Å². The highest BCUT2D eigenvalue weighted by Gasteiger charge is 2.05. The first-order valence-corrected chi connectivity index (χ1v) is 5.68. The fourth-order valence-corrected chi connectivity index (χ4v) is 1.10. The standard InChI is InChI=1S/C12H15N3O4/c1-9(2)7-13-14-12(16)8-19-11-5-3-10(4-6-11)15(17)18/h3-7,9H,8H2,1-2H3,(H,14,16). The molecular formula is C12H15N3O4. The van der Waals surface area contributed by atoms with E-state index >= 15 is 0 Å². The molecule has 19 heavy (non-hydrogen) atoms. The van der Waals surface area contributed by atoms with Gasteiger partial charge in [-0.15, -0.1) is 0 Å². The summed E-state index contributed by atoms with van der Waals surface area (Å²) >= 11 is 0. The Labute approximate surface area is 110 Å². The minimum atomic E-state index is -0.503. The summed E-state index contributed by atoms with van der Waals surface area (Å²) in [6, 6.07) is 5.49. The molecule has 0 fully saturated rings. The van der Waals surface area contributed by atoms with Crippen LogP contribution >= 0.6 is 0 Å². The van der Waals surface area contributed by atoms with E-state index in [9.17, 15) is 14.9 Å². The average Bonchev–Trinajstić information content (AvgIpc) is 2.36. The van der Waals surface area contributed by atoms with E-state index in [1.807, 2.05) is 13.8 Å². The summed E-state index contributed by atoms with van der Waals surface area (Å²) in [4.78, 5) is 21.2. The van der Waals surface area contributed by atoms with Crippen molar-refractivity contribution in [2.24, 2.45) is 11.0 Å². The van der Waals surface area contributed by atoms with Crippen LogP contribution in [0, 0.1) is 16.0 Å². The molecule has 1 amide bonds. The van der Waals surface area contributed by atoms with Crippen molar-refractivity contribution < 1.29 is 14.5 Å². The van der Waals surface area contributed by atoms with Crippen LogP contribution in [0.5, 0.6) is 5.75 Å². The van der Waals surface area contributed by atoms with Gasteiger partial charge in [0, 0.05) is 18.3 Å². The van der Waals surface area contributed by atoms with E-state index < -0.39 is 10.8 Å². The predicted octanol–water partition coefficient (Wildman–Crippen LogP) is 1.73. The average molecular weight is 265 g/mol. The van der Waals surface area contributed by atoms with E-state index in [0.717, 1.165) is 0 Å². The second-order valence-corrected chi connectivity index (χ2v) is 4.10. The molecular weight excluding hydrogens is 250 g/mol. The molecule has 0 aliphatic rings. The molecule has 0 unspecified atom stereocenters. The summed E-state index contributed by atoms with van der Waals surface area (Å²) < 4.78 is 5.15. The van der Waals surface area contributed by atoms with Crippen molar-refractivity contribution in [3.05, 3.63) is 34.4 Å². The quantitative estimate of drug-likeness (QED) is 0.481. The molecule has 0 spiro atoms. The lowest BCUT2D eigenvalue weighted by Gasteiger charge is -2.04. The van der Waals surface area contributed by atoms with Gasteiger partial charge in [0.25, 0.3) is 11.6 Å². The van der Waals surface area contributed by atoms with Crippen LogP contribution in [0.3, 0.4) is 0 Å². The smallest absolute Gasteiger partial charge is 0.277 e. The Kier molecular flexibility index (Phi) is 5.46. The third kappa shape index (κ3) is 5.62. The topological polar surface area (TPSA) is 93.8 Å². The number of carbonyl (C=O) groups is 1. The molecule has 1 N–H and O–H groups in total. The van der Waals surface area contributed by atoms with Crippen molar-refractivity contribution in [3.63, 3.8) is 0 Å². The number of non-ortho nitro benzene ring substituents is 1. The van der Waals surface area contributed by atoms with E-state index in [-0.39, 0.29) is 18.2 Å². The van der Waals surface area contributed by atoms with Gasteiger partial charge in [-0.3, -0.25) is 14.9 Å². The monoisotopic (exact) mass is 265 g/mol. The van der Waals surface area contributed by atoms with Crippen LogP contribution in [-0.4, -0.2) is 23.7 Å². The fraction of sp³-hybridized carbons (Fsp3) is 0.333. The van der Waals surface area contributed by atoms with E-state index in [4.69, 9.17) is 4.74 Å². The number of benzene rings is 1. The van der Waals surface area contributed by atoms with Gasteiger partial charge in [-0.2, -0.15) is 5.10 Å². The van der Waals surface area contributed by atoms with Crippen molar-refractivity contribution in [1.82, 2.24) is 5.43 Å². The SMILES string of the molecule is CC(C)C=NNC(=O)COc1ccc([N+](=O)[O-])cc1. The van der Waals surface area contributed by atoms with Crippen molar-refractivity contribution in [2.75, 3.05) is 6.61 Å². The first-order valence-electron chi connectivity index (χ1n) is 5.68. The summed E-state index contributed by atoms with van der Waals surface area (Å²) in [5.74, 6) is 0.236. The van der Waals surface area contributed by atoms with Crippen LogP contribution < -0.4 is 10.2 Å². The summed E-state index contributed by atoms with van der Waals surface area (Å²) in [5.41, 5.74) is 2.28. The van der Waals surface area contributed by atoms with Crippen LogP contribution in [0.25, 0.3) is 0 Å². The molecule has 7 nitrogen and oxygen atoms in total. The maximum atomic E-state index is 11.3. The molecule has 0 aliphatic carbocycles. The summed E-state index contributed by atoms with van der Waals surface area (Å²) in [6.45, 7) is 3.67. The molecule has 1 aromatic carbocycles. The molecule has 0 bridgehead atoms. The first-order chi connectivity index (χ1) is 8.99. The highest BCUT2D eigenvalue weighted by Crippen LogP contribution is 2.16. The second-order valence-electron chi connectivity index (χ2n) is 4.10. The fourth-order valence-electron chi connectivity index (χ4n) is 1.10. The number of rotatable bonds is 6. The van der Waals surface area contributed by atoms with Gasteiger partial charge in [-0.25, -0.2) is 5.43 Å². The largest absolute Gasteiger partial charge is 0.484 e. The van der Waals surface area contributed by atoms with Crippen LogP contribution in [-0.2, 0) is 4.79 Å². The number of hydrazone groups is 1. The van der Waals surface area contributed by atoms with Crippen LogP contribution in [0.1, 0.15) is 13.8 Å². The Bertz CT molecular complexity index is 468. The highest BCUT2D eigenvalue weighted by molar-refractivity contribution is 5.78. The molecule has 0 aliphatic heterocycles. The van der Waals surface area contributed by atoms with Gasteiger partial charge in [0.1, 0.15) is 5.75 Å². The van der Waals surface area contributed by atoms with Gasteiger partial charge in [-0.1, -0.05) is 13.8 Å². The van der Waals surface area contributed by atoms with Gasteiger partial charge in [0.05, 0.1) is 4.92 Å². The lowest BCUT2D eigenvalue weighted by molar-refractivity contribution is -0.384. The van der Waals surface area contributed by atoms with Crippen LogP contribution in [0.4, 0.5) is 5.69 Å². The number of hydrogen-bond donors (Lipinski definition) is 1. The van der Waals surface area contributed by atoms with Crippen LogP contribution in [0.2, 0.25) is 0 Å². The lowest BCUT2D eigenvalue weighted by atomic mass is 10.3. The molecule has 0 radical (unpaired) electrons. The number of nitrogens with zero attached hydrogens (tertiary/aromatic N) is 2. The van der Waals surface area contributed by atoms with E-state index in [2.05, 4.69) is 10.5 Å². The Morgan fingerprint density at radius 1 is 1.47 bits per heavy atom. The Morgan fingerprint density at radius 2 is 2.11 bits per heavy atom. The molecule has 0 saturated heterocycles. The number of nitro groups is 1. The second kappa shape index (κ2) is 7.10. The highest BCUT2D eigenvalue weighted by atomic mass is 16.6. The molecule has 1 rings (SSSR count). The number of nitrogens with one attached hydrogen (secondary N) is 1. The molecule has 0 heterocycles. The predicted molar refractivity (Wildman–Crippen MR) is 70.1 cm³/mol. The van der Waals surface area contributed by atoms with Gasteiger partial charge in [0.2, 0.25) is 0 Å². The maximum Gasteiger partial charge on any atom is 0.277 e. The summed E-state index contributed by atoms with van der Waals surface area (Å²) in [5, 5.41) is 14.2. The molecule has 0 atom stereocenters. The Morgan fingerprint density at radius 3 is 2.63 bits per heavy atom. The molecule has 102 valence electrons. The summed E-state index contributed by atoms with van der Waals surface area (Å²) in [6.07, 6.45) is 1.60. The van der Waals surface area contributed by atoms with E-state index in [0.29, 0.717) is 5.75 Å². The maximum absolute atomic E-state index is 11.3. The molecule has 7 heteroatoms. The summed E-state index contributed by atoms with van der Waals surface area (Å²) in [7, 11) is 0. The molecule has 1 aromatic rings. The zero-order chi connectivity index (χ0) is 14.3. The lowest BCUT2D eigenvalue weighted by Crippen LogP contribution is -2.24. The van der Waals surface area contributed by atoms with E-state index in [1.54, 1.807) is 6.21 Å². The molecule has 0 saturated carbocycles. The van der Waals surface area contributed by atoms with Crippen LogP contribution in [0.15, 0.2) is 29.4 Å².